The van der Waals surface area contributed by atoms with Crippen LogP contribution in [-0.2, 0) is 4.79 Å². The van der Waals surface area contributed by atoms with E-state index in [0.717, 1.165) is 17.7 Å². The lowest BCUT2D eigenvalue weighted by atomic mass is 9.95. The molecule has 2 rings (SSSR count). The zero-order chi connectivity index (χ0) is 10.7. The number of aliphatic carboxylic acids is 1. The minimum atomic E-state index is -0.796. The van der Waals surface area contributed by atoms with Gasteiger partial charge in [-0.15, -0.1) is 0 Å². The summed E-state index contributed by atoms with van der Waals surface area (Å²) in [5.41, 5.74) is 2.46. The summed E-state index contributed by atoms with van der Waals surface area (Å²) in [6.45, 7) is 1.39. The molecule has 15 heavy (non-hydrogen) atoms. The fourth-order valence-corrected chi connectivity index (χ4v) is 1.84. The molecule has 1 aliphatic heterocycles. The summed E-state index contributed by atoms with van der Waals surface area (Å²) in [6, 6.07) is 9.68. The smallest absolute Gasteiger partial charge is 0.331 e. The van der Waals surface area contributed by atoms with E-state index in [4.69, 9.17) is 5.11 Å². The quantitative estimate of drug-likeness (QED) is 0.766. The molecular weight excluding hydrogens is 190 g/mol. The van der Waals surface area contributed by atoms with Crippen molar-refractivity contribution in [2.24, 2.45) is 0 Å². The molecule has 0 aliphatic carbocycles. The van der Waals surface area contributed by atoms with E-state index in [0.29, 0.717) is 18.5 Å². The second kappa shape index (κ2) is 4.28. The summed E-state index contributed by atoms with van der Waals surface area (Å²) in [6.07, 6.45) is 0.597. The van der Waals surface area contributed by atoms with Crippen molar-refractivity contribution in [2.75, 3.05) is 13.1 Å². The highest BCUT2D eigenvalue weighted by Gasteiger charge is 2.18. The van der Waals surface area contributed by atoms with Crippen LogP contribution in [-0.4, -0.2) is 24.2 Å². The third kappa shape index (κ3) is 2.07. The summed E-state index contributed by atoms with van der Waals surface area (Å²) in [5.74, 6) is -0.796. The van der Waals surface area contributed by atoms with Crippen LogP contribution >= 0.6 is 0 Å². The Morgan fingerprint density at radius 3 is 2.67 bits per heavy atom. The third-order valence-electron chi connectivity index (χ3n) is 2.60. The maximum atomic E-state index is 11.1. The maximum absolute atomic E-state index is 11.1. The monoisotopic (exact) mass is 203 g/mol. The molecule has 1 heterocycles. The zero-order valence-electron chi connectivity index (χ0n) is 8.36. The van der Waals surface area contributed by atoms with Crippen molar-refractivity contribution < 1.29 is 9.90 Å². The van der Waals surface area contributed by atoms with Gasteiger partial charge in [-0.05, 0) is 24.1 Å². The molecule has 0 fully saturated rings. The molecule has 2 N–H and O–H groups in total. The van der Waals surface area contributed by atoms with Gasteiger partial charge in [0.15, 0.2) is 0 Å². The molecule has 0 amide bonds. The van der Waals surface area contributed by atoms with Crippen LogP contribution in [0.5, 0.6) is 0 Å². The summed E-state index contributed by atoms with van der Waals surface area (Å²) < 4.78 is 0. The number of hydrogen-bond acceptors (Lipinski definition) is 2. The fraction of sp³-hybridized carbons (Fsp3) is 0.250. The fourth-order valence-electron chi connectivity index (χ4n) is 1.84. The lowest BCUT2D eigenvalue weighted by molar-refractivity contribution is -0.132. The Kier molecular flexibility index (Phi) is 2.83. The molecule has 78 valence electrons. The summed E-state index contributed by atoms with van der Waals surface area (Å²) in [7, 11) is 0. The molecule has 3 heteroatoms. The van der Waals surface area contributed by atoms with Gasteiger partial charge in [-0.3, -0.25) is 0 Å². The predicted octanol–water partition coefficient (Wildman–Crippen LogP) is 1.52. The highest BCUT2D eigenvalue weighted by atomic mass is 16.4. The van der Waals surface area contributed by atoms with Crippen LogP contribution in [0.1, 0.15) is 12.0 Å². The van der Waals surface area contributed by atoms with Crippen molar-refractivity contribution in [1.29, 1.82) is 0 Å². The molecule has 0 saturated carbocycles. The number of nitrogens with one attached hydrogen (secondary N) is 1. The minimum Gasteiger partial charge on any atom is -0.478 e. The highest BCUT2D eigenvalue weighted by molar-refractivity contribution is 5.97. The highest BCUT2D eigenvalue weighted by Crippen LogP contribution is 2.22. The van der Waals surface area contributed by atoms with Gasteiger partial charge >= 0.3 is 5.97 Å². The van der Waals surface area contributed by atoms with Crippen molar-refractivity contribution in [1.82, 2.24) is 5.32 Å². The number of hydrogen-bond donors (Lipinski definition) is 2. The van der Waals surface area contributed by atoms with Gasteiger partial charge in [-0.2, -0.15) is 0 Å². The van der Waals surface area contributed by atoms with E-state index in [1.54, 1.807) is 0 Å². The molecule has 1 aromatic rings. The van der Waals surface area contributed by atoms with Crippen molar-refractivity contribution in [2.45, 2.75) is 6.42 Å². The van der Waals surface area contributed by atoms with Crippen LogP contribution in [0.2, 0.25) is 0 Å². The van der Waals surface area contributed by atoms with E-state index in [2.05, 4.69) is 5.32 Å². The second-order valence-electron chi connectivity index (χ2n) is 3.56. The first-order valence-electron chi connectivity index (χ1n) is 5.00. The number of benzene rings is 1. The normalized spacial score (nSPS) is 16.5. The van der Waals surface area contributed by atoms with Crippen LogP contribution in [0.25, 0.3) is 5.57 Å². The van der Waals surface area contributed by atoms with Gasteiger partial charge < -0.3 is 10.4 Å². The molecule has 3 nitrogen and oxygen atoms in total. The number of carbonyl (C=O) groups is 1. The van der Waals surface area contributed by atoms with E-state index < -0.39 is 5.97 Å². The lowest BCUT2D eigenvalue weighted by Crippen LogP contribution is -2.27. The van der Waals surface area contributed by atoms with E-state index in [9.17, 15) is 4.79 Å². The first-order valence-corrected chi connectivity index (χ1v) is 5.00. The summed E-state index contributed by atoms with van der Waals surface area (Å²) in [4.78, 5) is 11.1. The Morgan fingerprint density at radius 1 is 1.27 bits per heavy atom. The predicted molar refractivity (Wildman–Crippen MR) is 58.5 cm³/mol. The van der Waals surface area contributed by atoms with Gasteiger partial charge in [0.05, 0.1) is 0 Å². The average molecular weight is 203 g/mol. The molecule has 1 aromatic carbocycles. The van der Waals surface area contributed by atoms with E-state index in [-0.39, 0.29) is 0 Å². The van der Waals surface area contributed by atoms with Gasteiger partial charge in [0.25, 0.3) is 0 Å². The number of rotatable bonds is 2. The Bertz CT molecular complexity index is 395. The molecule has 0 radical (unpaired) electrons. The van der Waals surface area contributed by atoms with Crippen LogP contribution < -0.4 is 5.32 Å². The molecule has 0 aromatic heterocycles. The van der Waals surface area contributed by atoms with Crippen molar-refractivity contribution in [3.63, 3.8) is 0 Å². The van der Waals surface area contributed by atoms with Gasteiger partial charge in [0.1, 0.15) is 0 Å². The van der Waals surface area contributed by atoms with Crippen molar-refractivity contribution in [3.8, 4) is 0 Å². The first-order chi connectivity index (χ1) is 7.29. The van der Waals surface area contributed by atoms with E-state index in [1.165, 1.54) is 0 Å². The molecular formula is C12H13NO2. The Morgan fingerprint density at radius 2 is 2.00 bits per heavy atom. The van der Waals surface area contributed by atoms with Gasteiger partial charge in [-0.1, -0.05) is 30.3 Å². The largest absolute Gasteiger partial charge is 0.478 e. The van der Waals surface area contributed by atoms with Gasteiger partial charge in [-0.25, -0.2) is 4.79 Å². The van der Waals surface area contributed by atoms with Crippen LogP contribution in [0, 0.1) is 0 Å². The summed E-state index contributed by atoms with van der Waals surface area (Å²) in [5, 5.41) is 12.3. The molecule has 0 bridgehead atoms. The third-order valence-corrected chi connectivity index (χ3v) is 2.60. The second-order valence-corrected chi connectivity index (χ2v) is 3.56. The summed E-state index contributed by atoms with van der Waals surface area (Å²) >= 11 is 0. The SMILES string of the molecule is O=C(O)C1=C(c2ccccc2)CNCC1. The minimum absolute atomic E-state index is 0.542. The molecule has 0 saturated heterocycles. The number of carboxylic acid groups (broad SMARTS) is 1. The molecule has 0 spiro atoms. The Labute approximate surface area is 88.4 Å². The van der Waals surface area contributed by atoms with Gasteiger partial charge in [0, 0.05) is 12.1 Å². The Hall–Kier alpha value is -1.61. The standard InChI is InChI=1S/C12H13NO2/c14-12(15)10-6-7-13-8-11(10)9-4-2-1-3-5-9/h1-5,13H,6-8H2,(H,14,15). The molecule has 0 unspecified atom stereocenters. The van der Waals surface area contributed by atoms with Gasteiger partial charge in [0.2, 0.25) is 0 Å². The lowest BCUT2D eigenvalue weighted by Gasteiger charge is -2.19. The first kappa shape index (κ1) is 9.93. The maximum Gasteiger partial charge on any atom is 0.331 e. The van der Waals surface area contributed by atoms with Crippen molar-refractivity contribution >= 4 is 11.5 Å². The van der Waals surface area contributed by atoms with Crippen LogP contribution in [0.4, 0.5) is 0 Å². The number of carboxylic acids is 1. The topological polar surface area (TPSA) is 49.3 Å². The Balaban J connectivity index is 2.44. The zero-order valence-corrected chi connectivity index (χ0v) is 8.36. The van der Waals surface area contributed by atoms with Crippen LogP contribution in [0.3, 0.4) is 0 Å². The molecule has 1 aliphatic rings. The average Bonchev–Trinajstić information content (AvgIpc) is 2.30. The van der Waals surface area contributed by atoms with Crippen LogP contribution in [0.15, 0.2) is 35.9 Å². The van der Waals surface area contributed by atoms with Crippen molar-refractivity contribution in [3.05, 3.63) is 41.5 Å². The van der Waals surface area contributed by atoms with E-state index >= 15 is 0 Å². The van der Waals surface area contributed by atoms with E-state index in [1.807, 2.05) is 30.3 Å². The molecule has 0 atom stereocenters.